The molecule has 1 heterocycles. The summed E-state index contributed by atoms with van der Waals surface area (Å²) < 4.78 is 6.93. The van der Waals surface area contributed by atoms with Crippen LogP contribution in [0.1, 0.15) is 71.1 Å². The molecule has 2 aromatic carbocycles. The molecule has 0 aliphatic carbocycles. The highest BCUT2D eigenvalue weighted by Gasteiger charge is 2.22. The molecule has 5 heteroatoms. The maximum Gasteiger partial charge on any atom is 0.411 e. The normalized spacial score (nSPS) is 15.0. The highest BCUT2D eigenvalue weighted by atomic mass is 16.6. The van der Waals surface area contributed by atoms with E-state index in [1.165, 1.54) is 71.0 Å². The van der Waals surface area contributed by atoms with Crippen LogP contribution in [0.2, 0.25) is 0 Å². The van der Waals surface area contributed by atoms with Gasteiger partial charge in [-0.05, 0) is 57.2 Å². The van der Waals surface area contributed by atoms with E-state index in [-0.39, 0.29) is 12.2 Å². The number of anilines is 1. The first-order chi connectivity index (χ1) is 18.0. The number of benzene rings is 2. The molecule has 1 fully saturated rings. The third-order valence-electron chi connectivity index (χ3n) is 7.90. The van der Waals surface area contributed by atoms with Gasteiger partial charge in [0.05, 0.1) is 32.9 Å². The van der Waals surface area contributed by atoms with Crippen molar-refractivity contribution >= 4 is 11.8 Å². The second kappa shape index (κ2) is 15.8. The van der Waals surface area contributed by atoms with Crippen molar-refractivity contribution in [3.63, 3.8) is 0 Å². The Kier molecular flexibility index (Phi) is 12.5. The van der Waals surface area contributed by atoms with Crippen LogP contribution < -0.4 is 5.32 Å². The number of unbranched alkanes of at least 4 members (excludes halogenated alkanes) is 7. The average molecular weight is 509 g/mol. The van der Waals surface area contributed by atoms with Crippen molar-refractivity contribution in [3.05, 3.63) is 54.6 Å². The first-order valence-corrected chi connectivity index (χ1v) is 14.6. The highest BCUT2D eigenvalue weighted by Crippen LogP contribution is 2.28. The van der Waals surface area contributed by atoms with Gasteiger partial charge in [-0.1, -0.05) is 80.6 Å². The number of amides is 1. The van der Waals surface area contributed by atoms with E-state index in [1.54, 1.807) is 0 Å². The Balaban J connectivity index is 1.23. The number of quaternary nitrogens is 1. The molecule has 0 unspecified atom stereocenters. The third kappa shape index (κ3) is 10.9. The van der Waals surface area contributed by atoms with Gasteiger partial charge in [-0.25, -0.2) is 4.79 Å². The molecular formula is C32H50N3O2+. The number of carbonyl (C=O) groups excluding carboxylic acids is 1. The van der Waals surface area contributed by atoms with E-state index in [0.29, 0.717) is 0 Å². The second-order valence-electron chi connectivity index (χ2n) is 11.3. The van der Waals surface area contributed by atoms with E-state index >= 15 is 0 Å². The fourth-order valence-corrected chi connectivity index (χ4v) is 5.10. The van der Waals surface area contributed by atoms with E-state index in [0.717, 1.165) is 47.2 Å². The summed E-state index contributed by atoms with van der Waals surface area (Å²) in [6.07, 6.45) is 12.4. The van der Waals surface area contributed by atoms with Crippen LogP contribution in [0.5, 0.6) is 0 Å². The van der Waals surface area contributed by atoms with Crippen molar-refractivity contribution in [2.24, 2.45) is 0 Å². The van der Waals surface area contributed by atoms with Crippen LogP contribution in [0.25, 0.3) is 11.1 Å². The number of likely N-dealkylation sites (tertiary alicyclic amines) is 1. The van der Waals surface area contributed by atoms with Crippen LogP contribution in [0.4, 0.5) is 10.5 Å². The molecule has 204 valence electrons. The fraction of sp³-hybridized carbons (Fsp3) is 0.594. The molecule has 5 nitrogen and oxygen atoms in total. The monoisotopic (exact) mass is 508 g/mol. The van der Waals surface area contributed by atoms with E-state index in [2.05, 4.69) is 43.4 Å². The molecular weight excluding hydrogens is 458 g/mol. The van der Waals surface area contributed by atoms with E-state index in [4.69, 9.17) is 4.74 Å². The van der Waals surface area contributed by atoms with E-state index in [1.807, 2.05) is 42.5 Å². The summed E-state index contributed by atoms with van der Waals surface area (Å²) in [6, 6.07) is 18.0. The number of hydrogen-bond donors (Lipinski definition) is 1. The summed E-state index contributed by atoms with van der Waals surface area (Å²) in [5.74, 6) is 0. The van der Waals surface area contributed by atoms with Crippen LogP contribution in [-0.2, 0) is 4.74 Å². The third-order valence-corrected chi connectivity index (χ3v) is 7.90. The lowest BCUT2D eigenvalue weighted by Crippen LogP contribution is -2.39. The lowest BCUT2D eigenvalue weighted by atomic mass is 10.0. The average Bonchev–Trinajstić information content (AvgIpc) is 2.91. The summed E-state index contributed by atoms with van der Waals surface area (Å²) in [5.41, 5.74) is 2.87. The number of ether oxygens (including phenoxy) is 1. The van der Waals surface area contributed by atoms with Crippen molar-refractivity contribution < 1.29 is 14.0 Å². The molecule has 1 aliphatic heterocycles. The maximum atomic E-state index is 12.6. The van der Waals surface area contributed by atoms with Crippen LogP contribution in [0.15, 0.2) is 54.6 Å². The van der Waals surface area contributed by atoms with Crippen molar-refractivity contribution in [1.82, 2.24) is 4.90 Å². The summed E-state index contributed by atoms with van der Waals surface area (Å²) in [5, 5.41) is 2.97. The summed E-state index contributed by atoms with van der Waals surface area (Å²) in [6.45, 7) is 8.03. The molecule has 2 aromatic rings. The number of nitrogens with one attached hydrogen (secondary N) is 1. The zero-order chi connectivity index (χ0) is 26.3. The van der Waals surface area contributed by atoms with Gasteiger partial charge in [0.2, 0.25) is 0 Å². The van der Waals surface area contributed by atoms with Crippen LogP contribution >= 0.6 is 0 Å². The lowest BCUT2D eigenvalue weighted by Gasteiger charge is -2.31. The van der Waals surface area contributed by atoms with E-state index < -0.39 is 0 Å². The van der Waals surface area contributed by atoms with Gasteiger partial charge in [-0.2, -0.15) is 0 Å². The molecule has 37 heavy (non-hydrogen) atoms. The van der Waals surface area contributed by atoms with Crippen molar-refractivity contribution in [3.8, 4) is 11.1 Å². The fourth-order valence-electron chi connectivity index (χ4n) is 5.10. The second-order valence-corrected chi connectivity index (χ2v) is 11.3. The number of carbonyl (C=O) groups is 1. The molecule has 0 bridgehead atoms. The van der Waals surface area contributed by atoms with Gasteiger partial charge >= 0.3 is 6.09 Å². The Labute approximate surface area is 225 Å². The van der Waals surface area contributed by atoms with Crippen molar-refractivity contribution in [1.29, 1.82) is 0 Å². The minimum atomic E-state index is -0.352. The number of rotatable bonds is 15. The van der Waals surface area contributed by atoms with Crippen LogP contribution in [0.3, 0.4) is 0 Å². The SMILES string of the molecule is CC[N+](C)(C)CCCCCCCCCCN1CCC(OC(=O)Nc2ccccc2-c2ccccc2)CC1. The molecule has 1 saturated heterocycles. The Morgan fingerprint density at radius 1 is 0.865 bits per heavy atom. The quantitative estimate of drug-likeness (QED) is 0.199. The van der Waals surface area contributed by atoms with Crippen molar-refractivity contribution in [2.75, 3.05) is 52.1 Å². The Bertz CT molecular complexity index is 907. The van der Waals surface area contributed by atoms with Crippen LogP contribution in [-0.4, -0.2) is 68.4 Å². The number of hydrogen-bond acceptors (Lipinski definition) is 3. The zero-order valence-corrected chi connectivity index (χ0v) is 23.6. The minimum absolute atomic E-state index is 0.00170. The van der Waals surface area contributed by atoms with Gasteiger partial charge in [0.25, 0.3) is 0 Å². The molecule has 0 saturated carbocycles. The summed E-state index contributed by atoms with van der Waals surface area (Å²) in [4.78, 5) is 15.1. The molecule has 0 spiro atoms. The predicted molar refractivity (Wildman–Crippen MR) is 156 cm³/mol. The van der Waals surface area contributed by atoms with Gasteiger partial charge in [-0.15, -0.1) is 0 Å². The van der Waals surface area contributed by atoms with Gasteiger partial charge in [0.1, 0.15) is 6.10 Å². The molecule has 0 atom stereocenters. The minimum Gasteiger partial charge on any atom is -0.446 e. The standard InChI is InChI=1S/C32H49N3O2/c1-4-35(2,3)27-17-10-8-6-5-7-9-16-24-34-25-22-29(23-26-34)37-32(36)33-31-21-15-14-20-30(31)28-18-12-11-13-19-28/h11-15,18-21,29H,4-10,16-17,22-27H2,1-3H3/p+1. The van der Waals surface area contributed by atoms with Crippen molar-refractivity contribution in [2.45, 2.75) is 77.2 Å². The Morgan fingerprint density at radius 3 is 2.14 bits per heavy atom. The van der Waals surface area contributed by atoms with E-state index in [9.17, 15) is 4.79 Å². The Hall–Kier alpha value is -2.37. The number of para-hydroxylation sites is 1. The molecule has 1 N–H and O–H groups in total. The van der Waals surface area contributed by atoms with Gasteiger partial charge in [0, 0.05) is 18.7 Å². The van der Waals surface area contributed by atoms with Gasteiger partial charge < -0.3 is 14.1 Å². The first kappa shape index (κ1) is 29.2. The molecule has 3 rings (SSSR count). The van der Waals surface area contributed by atoms with Gasteiger partial charge in [0.15, 0.2) is 0 Å². The lowest BCUT2D eigenvalue weighted by molar-refractivity contribution is -0.888. The van der Waals surface area contributed by atoms with Crippen LogP contribution in [0, 0.1) is 0 Å². The highest BCUT2D eigenvalue weighted by molar-refractivity contribution is 5.91. The molecule has 1 aliphatic rings. The Morgan fingerprint density at radius 2 is 1.46 bits per heavy atom. The summed E-state index contributed by atoms with van der Waals surface area (Å²) >= 11 is 0. The smallest absolute Gasteiger partial charge is 0.411 e. The topological polar surface area (TPSA) is 41.6 Å². The molecule has 0 radical (unpaired) electrons. The predicted octanol–water partition coefficient (Wildman–Crippen LogP) is 7.58. The van der Waals surface area contributed by atoms with Gasteiger partial charge in [-0.3, -0.25) is 5.32 Å². The molecule has 1 amide bonds. The summed E-state index contributed by atoms with van der Waals surface area (Å²) in [7, 11) is 4.67. The maximum absolute atomic E-state index is 12.6. The number of nitrogens with zero attached hydrogens (tertiary/aromatic N) is 2. The first-order valence-electron chi connectivity index (χ1n) is 14.6. The number of piperidine rings is 1. The molecule has 0 aromatic heterocycles. The largest absolute Gasteiger partial charge is 0.446 e. The zero-order valence-electron chi connectivity index (χ0n) is 23.6.